The molecule has 24 heavy (non-hydrogen) atoms. The lowest BCUT2D eigenvalue weighted by molar-refractivity contribution is -0.0467. The first-order valence-electron chi connectivity index (χ1n) is 9.41. The van der Waals surface area contributed by atoms with E-state index in [1.807, 2.05) is 13.8 Å². The smallest absolute Gasteiger partial charge is 0.252 e. The van der Waals surface area contributed by atoms with E-state index in [4.69, 9.17) is 17.9 Å². The fourth-order valence-corrected chi connectivity index (χ4v) is 5.23. The van der Waals surface area contributed by atoms with Gasteiger partial charge in [0.1, 0.15) is 6.10 Å². The van der Waals surface area contributed by atoms with Crippen LogP contribution in [0.25, 0.3) is 9.69 Å². The van der Waals surface area contributed by atoms with E-state index in [1.165, 1.54) is 5.57 Å². The van der Waals surface area contributed by atoms with Crippen molar-refractivity contribution in [2.45, 2.75) is 89.5 Å². The third kappa shape index (κ3) is 2.89. The quantitative estimate of drug-likeness (QED) is 0.498. The second-order valence-electron chi connectivity index (χ2n) is 8.91. The van der Waals surface area contributed by atoms with Crippen molar-refractivity contribution in [2.75, 3.05) is 0 Å². The summed E-state index contributed by atoms with van der Waals surface area (Å²) in [7, 11) is 0. The average molecular weight is 326 g/mol. The number of fused-ring (bicyclic) bond motifs is 1. The van der Waals surface area contributed by atoms with Crippen LogP contribution in [0, 0.1) is 30.9 Å². The van der Waals surface area contributed by atoms with Gasteiger partial charge >= 0.3 is 0 Å². The van der Waals surface area contributed by atoms with Crippen LogP contribution < -0.4 is 0 Å². The van der Waals surface area contributed by atoms with Gasteiger partial charge in [-0.1, -0.05) is 11.6 Å². The molecule has 130 valence electrons. The Hall–Kier alpha value is -1.32. The highest BCUT2D eigenvalue weighted by Gasteiger charge is 2.55. The van der Waals surface area contributed by atoms with Gasteiger partial charge in [0, 0.05) is 33.1 Å². The van der Waals surface area contributed by atoms with Crippen molar-refractivity contribution in [1.29, 1.82) is 0 Å². The average Bonchev–Trinajstić information content (AvgIpc) is 3.05. The van der Waals surface area contributed by atoms with Crippen LogP contribution in [0.15, 0.2) is 11.6 Å². The molecule has 6 atom stereocenters. The van der Waals surface area contributed by atoms with Crippen molar-refractivity contribution in [3.63, 3.8) is 0 Å². The van der Waals surface area contributed by atoms with Crippen molar-refractivity contribution in [1.82, 2.24) is 0 Å². The zero-order valence-electron chi connectivity index (χ0n) is 15.5. The molecule has 3 nitrogen and oxygen atoms in total. The first-order chi connectivity index (χ1) is 11.3. The summed E-state index contributed by atoms with van der Waals surface area (Å²) in [6.07, 6.45) is 9.20. The fourth-order valence-electron chi connectivity index (χ4n) is 5.23. The third-order valence-electron chi connectivity index (χ3n) is 6.93. The molecule has 0 bridgehead atoms. The Kier molecular flexibility index (Phi) is 4.52. The Labute approximate surface area is 147 Å². The number of hydrogen-bond donors (Lipinski definition) is 0. The van der Waals surface area contributed by atoms with Gasteiger partial charge in [-0.05, 0) is 50.9 Å². The molecule has 0 spiro atoms. The first-order valence-corrected chi connectivity index (χ1v) is 9.41. The maximum absolute atomic E-state index is 7.72. The molecule has 3 aliphatic rings. The fraction of sp³-hybridized carbons (Fsp3) is 0.810. The lowest BCUT2D eigenvalue weighted by atomic mass is 9.58. The van der Waals surface area contributed by atoms with E-state index in [0.29, 0.717) is 17.8 Å². The summed E-state index contributed by atoms with van der Waals surface area (Å²) < 4.78 is 6.42. The molecule has 0 unspecified atom stereocenters. The second-order valence-corrected chi connectivity index (χ2v) is 8.91. The molecule has 0 aromatic carbocycles. The number of ether oxygens (including phenoxy) is 1. The van der Waals surface area contributed by atoms with Gasteiger partial charge in [-0.2, -0.15) is 0 Å². The van der Waals surface area contributed by atoms with Gasteiger partial charge in [0.15, 0.2) is 0 Å². The van der Waals surface area contributed by atoms with Crippen LogP contribution in [0.3, 0.4) is 0 Å². The summed E-state index contributed by atoms with van der Waals surface area (Å²) in [5.74, 6) is 1.46. The SMILES string of the molecule is [C-]#[N+]C(C)(C)[C@H]1CC[C@@H]([C@@H]2CC[C@@](C)([N+]#[C-])[C@H]3CCC(C)=C[C@@H]23)O1. The van der Waals surface area contributed by atoms with Crippen molar-refractivity contribution >= 4 is 0 Å². The molecule has 1 saturated carbocycles. The highest BCUT2D eigenvalue weighted by atomic mass is 16.5. The Morgan fingerprint density at radius 1 is 1.21 bits per heavy atom. The Bertz CT molecular complexity index is 608. The molecule has 0 N–H and O–H groups in total. The van der Waals surface area contributed by atoms with Crippen molar-refractivity contribution in [3.05, 3.63) is 34.5 Å². The van der Waals surface area contributed by atoms with Crippen LogP contribution >= 0.6 is 0 Å². The molecule has 0 aromatic rings. The van der Waals surface area contributed by atoms with E-state index in [9.17, 15) is 0 Å². The Balaban J connectivity index is 1.81. The zero-order valence-corrected chi connectivity index (χ0v) is 15.5. The molecule has 1 aliphatic heterocycles. The molecule has 2 aliphatic carbocycles. The number of allylic oxidation sites excluding steroid dienone is 2. The van der Waals surface area contributed by atoms with E-state index >= 15 is 0 Å². The van der Waals surface area contributed by atoms with Crippen LogP contribution in [0.1, 0.15) is 66.2 Å². The summed E-state index contributed by atoms with van der Waals surface area (Å²) in [4.78, 5) is 7.84. The number of nitrogens with zero attached hydrogens (tertiary/aromatic N) is 2. The van der Waals surface area contributed by atoms with Gasteiger partial charge in [-0.15, -0.1) is 0 Å². The third-order valence-corrected chi connectivity index (χ3v) is 6.93. The van der Waals surface area contributed by atoms with Gasteiger partial charge in [0.05, 0.1) is 6.10 Å². The van der Waals surface area contributed by atoms with Crippen molar-refractivity contribution < 1.29 is 4.74 Å². The zero-order chi connectivity index (χ0) is 17.5. The van der Waals surface area contributed by atoms with Gasteiger partial charge < -0.3 is 14.4 Å². The van der Waals surface area contributed by atoms with E-state index in [1.54, 1.807) is 0 Å². The van der Waals surface area contributed by atoms with E-state index < -0.39 is 5.54 Å². The molecule has 3 rings (SSSR count). The Morgan fingerprint density at radius 3 is 2.62 bits per heavy atom. The minimum absolute atomic E-state index is 0.0567. The Morgan fingerprint density at radius 2 is 1.96 bits per heavy atom. The maximum Gasteiger partial charge on any atom is 0.252 e. The molecule has 1 heterocycles. The normalized spacial score (nSPS) is 42.6. The van der Waals surface area contributed by atoms with Crippen LogP contribution in [0.4, 0.5) is 0 Å². The van der Waals surface area contributed by atoms with E-state index in [2.05, 4.69) is 29.6 Å². The molecule has 2 fully saturated rings. The molecule has 3 heteroatoms. The monoisotopic (exact) mass is 326 g/mol. The largest absolute Gasteiger partial charge is 0.366 e. The minimum Gasteiger partial charge on any atom is -0.366 e. The molecule has 1 saturated heterocycles. The number of hydrogen-bond acceptors (Lipinski definition) is 1. The second kappa shape index (κ2) is 6.20. The van der Waals surface area contributed by atoms with Crippen LogP contribution in [0.2, 0.25) is 0 Å². The topological polar surface area (TPSA) is 18.0 Å². The van der Waals surface area contributed by atoms with Gasteiger partial charge in [-0.3, -0.25) is 0 Å². The maximum atomic E-state index is 7.72. The van der Waals surface area contributed by atoms with Gasteiger partial charge in [0.25, 0.3) is 5.54 Å². The predicted octanol–water partition coefficient (Wildman–Crippen LogP) is 5.29. The highest BCUT2D eigenvalue weighted by molar-refractivity contribution is 5.18. The van der Waals surface area contributed by atoms with E-state index in [-0.39, 0.29) is 17.7 Å². The molecular formula is C21H30N2O. The van der Waals surface area contributed by atoms with E-state index in [0.717, 1.165) is 38.5 Å². The summed E-state index contributed by atoms with van der Waals surface area (Å²) in [5.41, 5.74) is 0.852. The molecule has 0 radical (unpaired) electrons. The van der Waals surface area contributed by atoms with Crippen molar-refractivity contribution in [3.8, 4) is 0 Å². The molecular weight excluding hydrogens is 296 g/mol. The van der Waals surface area contributed by atoms with Crippen molar-refractivity contribution in [2.24, 2.45) is 17.8 Å². The summed E-state index contributed by atoms with van der Waals surface area (Å²) in [5, 5.41) is 0. The van der Waals surface area contributed by atoms with Gasteiger partial charge in [0.2, 0.25) is 5.54 Å². The summed E-state index contributed by atoms with van der Waals surface area (Å²) in [6, 6.07) is 0. The standard InChI is InChI=1S/C21H30N2O/c1-14-7-8-17-16(13-14)15(11-12-21(17,4)23-6)18-9-10-19(24-18)20(2,3)22-5/h13,15-19H,7-12H2,1-4H3/t15-,16+,17+,18+,19-,21-/m1/s1. The minimum atomic E-state index is -0.424. The lowest BCUT2D eigenvalue weighted by Gasteiger charge is -2.46. The first kappa shape index (κ1) is 17.5. The number of rotatable bonds is 2. The van der Waals surface area contributed by atoms with Gasteiger partial charge in [-0.25, -0.2) is 13.1 Å². The highest BCUT2D eigenvalue weighted by Crippen LogP contribution is 2.52. The van der Waals surface area contributed by atoms with Crippen LogP contribution in [0.5, 0.6) is 0 Å². The molecule has 0 aromatic heterocycles. The summed E-state index contributed by atoms with van der Waals surface area (Å²) in [6.45, 7) is 23.6. The van der Waals surface area contributed by atoms with Crippen LogP contribution in [-0.4, -0.2) is 23.3 Å². The van der Waals surface area contributed by atoms with Crippen LogP contribution in [-0.2, 0) is 4.74 Å². The predicted molar refractivity (Wildman–Crippen MR) is 96.3 cm³/mol. The molecule has 0 amide bonds. The lowest BCUT2D eigenvalue weighted by Crippen LogP contribution is -2.48. The summed E-state index contributed by atoms with van der Waals surface area (Å²) >= 11 is 0.